The monoisotopic (exact) mass is 208 g/mol. The van der Waals surface area contributed by atoms with Crippen molar-refractivity contribution in [2.24, 2.45) is 0 Å². The lowest BCUT2D eigenvalue weighted by Gasteiger charge is -2.29. The number of alkyl halides is 3. The first-order valence-corrected chi connectivity index (χ1v) is 4.13. The van der Waals surface area contributed by atoms with Crippen molar-refractivity contribution in [3.05, 3.63) is 24.5 Å². The van der Waals surface area contributed by atoms with Crippen molar-refractivity contribution < 1.29 is 23.0 Å². The van der Waals surface area contributed by atoms with Crippen molar-refractivity contribution >= 4 is 0 Å². The highest BCUT2D eigenvalue weighted by Crippen LogP contribution is 2.41. The Balaban J connectivity index is 2.97. The molecule has 1 aliphatic heterocycles. The highest BCUT2D eigenvalue weighted by atomic mass is 19.4. The Morgan fingerprint density at radius 2 is 2.21 bits per heavy atom. The Kier molecular flexibility index (Phi) is 2.89. The van der Waals surface area contributed by atoms with E-state index in [0.717, 1.165) is 12.3 Å². The van der Waals surface area contributed by atoms with Gasteiger partial charge in [-0.1, -0.05) is 6.08 Å². The summed E-state index contributed by atoms with van der Waals surface area (Å²) in [4.78, 5) is 0. The molecule has 14 heavy (non-hydrogen) atoms. The Morgan fingerprint density at radius 3 is 2.57 bits per heavy atom. The summed E-state index contributed by atoms with van der Waals surface area (Å²) in [7, 11) is 0. The average molecular weight is 208 g/mol. The molecule has 5 heteroatoms. The highest BCUT2D eigenvalue weighted by molar-refractivity contribution is 5.21. The first kappa shape index (κ1) is 11.1. The van der Waals surface area contributed by atoms with Crippen LogP contribution in [-0.2, 0) is 4.74 Å². The highest BCUT2D eigenvalue weighted by Gasteiger charge is 2.55. The Labute approximate surface area is 79.7 Å². The van der Waals surface area contributed by atoms with Crippen molar-refractivity contribution in [2.75, 3.05) is 6.61 Å². The minimum absolute atomic E-state index is 0.101. The minimum Gasteiger partial charge on any atom is -0.501 e. The minimum atomic E-state index is -4.69. The fourth-order valence-electron chi connectivity index (χ4n) is 1.33. The second-order valence-electron chi connectivity index (χ2n) is 3.11. The maximum absolute atomic E-state index is 12.5. The van der Waals surface area contributed by atoms with Gasteiger partial charge in [0.05, 0.1) is 12.9 Å². The molecular formula is C9H11F3O2. The zero-order chi connectivity index (χ0) is 10.8. The van der Waals surface area contributed by atoms with Crippen LogP contribution in [0.25, 0.3) is 0 Å². The molecule has 0 amide bonds. The van der Waals surface area contributed by atoms with Crippen LogP contribution in [-0.4, -0.2) is 23.5 Å². The molecule has 0 bridgehead atoms. The molecule has 0 aliphatic carbocycles. The van der Waals surface area contributed by atoms with Gasteiger partial charge in [0, 0.05) is 18.4 Å². The molecule has 0 aromatic rings. The number of ether oxygens (including phenoxy) is 1. The van der Waals surface area contributed by atoms with E-state index in [4.69, 9.17) is 0 Å². The third-order valence-electron chi connectivity index (χ3n) is 2.15. The molecular weight excluding hydrogens is 197 g/mol. The molecule has 1 unspecified atom stereocenters. The van der Waals surface area contributed by atoms with Gasteiger partial charge in [-0.05, 0) is 0 Å². The SMILES string of the molecule is C=CCC(O)(C1=COCC1)C(F)(F)F. The van der Waals surface area contributed by atoms with Crippen molar-refractivity contribution in [3.63, 3.8) is 0 Å². The molecule has 0 saturated carbocycles. The second-order valence-corrected chi connectivity index (χ2v) is 3.11. The fourth-order valence-corrected chi connectivity index (χ4v) is 1.33. The fraction of sp³-hybridized carbons (Fsp3) is 0.556. The topological polar surface area (TPSA) is 29.5 Å². The first-order chi connectivity index (χ1) is 6.42. The molecule has 2 nitrogen and oxygen atoms in total. The third-order valence-corrected chi connectivity index (χ3v) is 2.15. The molecule has 1 heterocycles. The maximum atomic E-state index is 12.5. The lowest BCUT2D eigenvalue weighted by molar-refractivity contribution is -0.243. The molecule has 0 saturated heterocycles. The molecule has 0 aromatic carbocycles. The number of halogens is 3. The normalized spacial score (nSPS) is 21.0. The Morgan fingerprint density at radius 1 is 1.57 bits per heavy atom. The first-order valence-electron chi connectivity index (χ1n) is 4.13. The van der Waals surface area contributed by atoms with Gasteiger partial charge in [0.1, 0.15) is 0 Å². The summed E-state index contributed by atoms with van der Waals surface area (Å²) in [5, 5.41) is 9.50. The van der Waals surface area contributed by atoms with Crippen LogP contribution in [0, 0.1) is 0 Å². The van der Waals surface area contributed by atoms with Gasteiger partial charge < -0.3 is 9.84 Å². The summed E-state index contributed by atoms with van der Waals surface area (Å²) < 4.78 is 42.3. The summed E-state index contributed by atoms with van der Waals surface area (Å²) in [6.07, 6.45) is -3.11. The molecule has 0 aromatic heterocycles. The lowest BCUT2D eigenvalue weighted by Crippen LogP contribution is -2.46. The van der Waals surface area contributed by atoms with Crippen LogP contribution in [0.4, 0.5) is 13.2 Å². The Hall–Kier alpha value is -0.970. The molecule has 0 spiro atoms. The molecule has 0 radical (unpaired) electrons. The van der Waals surface area contributed by atoms with E-state index < -0.39 is 18.2 Å². The van der Waals surface area contributed by atoms with E-state index in [9.17, 15) is 18.3 Å². The van der Waals surface area contributed by atoms with Gasteiger partial charge in [0.2, 0.25) is 0 Å². The van der Waals surface area contributed by atoms with Gasteiger partial charge in [-0.3, -0.25) is 0 Å². The quantitative estimate of drug-likeness (QED) is 0.720. The van der Waals surface area contributed by atoms with Gasteiger partial charge in [-0.15, -0.1) is 6.58 Å². The van der Waals surface area contributed by atoms with Gasteiger partial charge >= 0.3 is 6.18 Å². The van der Waals surface area contributed by atoms with Gasteiger partial charge in [-0.2, -0.15) is 13.2 Å². The summed E-state index contributed by atoms with van der Waals surface area (Å²) in [6, 6.07) is 0. The largest absolute Gasteiger partial charge is 0.501 e. The van der Waals surface area contributed by atoms with Gasteiger partial charge in [-0.25, -0.2) is 0 Å². The number of aliphatic hydroxyl groups is 1. The number of hydrogen-bond acceptors (Lipinski definition) is 2. The molecule has 1 aliphatic rings. The van der Waals surface area contributed by atoms with Crippen LogP contribution >= 0.6 is 0 Å². The predicted octanol–water partition coefficient (Wildman–Crippen LogP) is 2.16. The van der Waals surface area contributed by atoms with Crippen molar-refractivity contribution in [3.8, 4) is 0 Å². The van der Waals surface area contributed by atoms with Crippen LogP contribution in [0.2, 0.25) is 0 Å². The summed E-state index contributed by atoms with van der Waals surface area (Å²) in [5.74, 6) is 0. The smallest absolute Gasteiger partial charge is 0.421 e. The van der Waals surface area contributed by atoms with Crippen LogP contribution in [0.1, 0.15) is 12.8 Å². The molecule has 0 fully saturated rings. The van der Waals surface area contributed by atoms with Gasteiger partial charge in [0.25, 0.3) is 0 Å². The summed E-state index contributed by atoms with van der Waals surface area (Å²) in [5.41, 5.74) is -2.95. The van der Waals surface area contributed by atoms with Crippen LogP contribution < -0.4 is 0 Å². The zero-order valence-corrected chi connectivity index (χ0v) is 7.47. The number of hydrogen-bond donors (Lipinski definition) is 1. The van der Waals surface area contributed by atoms with E-state index in [1.807, 2.05) is 0 Å². The Bertz CT molecular complexity index is 257. The summed E-state index contributed by atoms with van der Waals surface area (Å²) >= 11 is 0. The molecule has 1 atom stereocenters. The third kappa shape index (κ3) is 1.77. The molecule has 1 rings (SSSR count). The molecule has 1 N–H and O–H groups in total. The zero-order valence-electron chi connectivity index (χ0n) is 7.47. The van der Waals surface area contributed by atoms with E-state index in [2.05, 4.69) is 11.3 Å². The average Bonchev–Trinajstić information content (AvgIpc) is 2.54. The van der Waals surface area contributed by atoms with Gasteiger partial charge in [0.15, 0.2) is 5.60 Å². The lowest BCUT2D eigenvalue weighted by atomic mass is 9.89. The summed E-state index contributed by atoms with van der Waals surface area (Å²) in [6.45, 7) is 3.39. The van der Waals surface area contributed by atoms with Crippen LogP contribution in [0.3, 0.4) is 0 Å². The second kappa shape index (κ2) is 3.65. The predicted molar refractivity (Wildman–Crippen MR) is 44.5 cm³/mol. The standard InChI is InChI=1S/C9H11F3O2/c1-2-4-8(13,9(10,11)12)7-3-5-14-6-7/h2,6,13H,1,3-5H2. The maximum Gasteiger partial charge on any atom is 0.421 e. The van der Waals surface area contributed by atoms with Crippen molar-refractivity contribution in [1.82, 2.24) is 0 Å². The molecule has 80 valence electrons. The van der Waals surface area contributed by atoms with Crippen molar-refractivity contribution in [2.45, 2.75) is 24.6 Å². The number of rotatable bonds is 3. The van der Waals surface area contributed by atoms with E-state index in [1.54, 1.807) is 0 Å². The van der Waals surface area contributed by atoms with E-state index in [-0.39, 0.29) is 18.6 Å². The van der Waals surface area contributed by atoms with E-state index in [0.29, 0.717) is 0 Å². The van der Waals surface area contributed by atoms with E-state index >= 15 is 0 Å². The van der Waals surface area contributed by atoms with E-state index in [1.165, 1.54) is 0 Å². The van der Waals surface area contributed by atoms with Crippen molar-refractivity contribution in [1.29, 1.82) is 0 Å². The van der Waals surface area contributed by atoms with Crippen LogP contribution in [0.5, 0.6) is 0 Å². The van der Waals surface area contributed by atoms with Crippen LogP contribution in [0.15, 0.2) is 24.5 Å².